The van der Waals surface area contributed by atoms with Crippen LogP contribution in [-0.4, -0.2) is 16.2 Å². The van der Waals surface area contributed by atoms with E-state index in [2.05, 4.69) is 21.4 Å². The predicted octanol–water partition coefficient (Wildman–Crippen LogP) is 5.12. The number of benzene rings is 2. The van der Waals surface area contributed by atoms with Crippen LogP contribution < -0.4 is 10.9 Å². The number of H-pyrrole nitrogens is 1. The highest BCUT2D eigenvalue weighted by Crippen LogP contribution is 2.30. The molecule has 0 radical (unpaired) electrons. The maximum Gasteiger partial charge on any atom is 0.260 e. The molecule has 0 amide bonds. The fourth-order valence-electron chi connectivity index (χ4n) is 2.84. The normalized spacial score (nSPS) is 11.0. The molecule has 4 nitrogen and oxygen atoms in total. The average Bonchev–Trinajstić information content (AvgIpc) is 3.12. The Balaban J connectivity index is 1.62. The van der Waals surface area contributed by atoms with Crippen LogP contribution >= 0.6 is 23.1 Å². The van der Waals surface area contributed by atoms with E-state index in [0.29, 0.717) is 22.6 Å². The molecule has 0 spiro atoms. The van der Waals surface area contributed by atoms with Crippen molar-refractivity contribution in [1.29, 1.82) is 0 Å². The van der Waals surface area contributed by atoms with E-state index in [-0.39, 0.29) is 11.4 Å². The number of hydrogen-bond donors (Lipinski definition) is 2. The molecule has 0 aliphatic heterocycles. The molecule has 2 aromatic carbocycles. The van der Waals surface area contributed by atoms with Gasteiger partial charge in [0.15, 0.2) is 0 Å². The standard InChI is InChI=1S/C20H16FN3OS2/c1-26-15-4-2-3-14(9-15)22-10-17-23-19(25)18-16(11-27-20(18)24-17)12-5-7-13(21)8-6-12/h2-9,11,22H,10H2,1H3,(H,23,24,25). The molecule has 0 atom stereocenters. The monoisotopic (exact) mass is 397 g/mol. The first-order chi connectivity index (χ1) is 13.1. The minimum atomic E-state index is -0.302. The van der Waals surface area contributed by atoms with Gasteiger partial charge >= 0.3 is 0 Å². The topological polar surface area (TPSA) is 57.8 Å². The van der Waals surface area contributed by atoms with Crippen molar-refractivity contribution in [2.75, 3.05) is 11.6 Å². The van der Waals surface area contributed by atoms with Crippen molar-refractivity contribution in [1.82, 2.24) is 9.97 Å². The number of fused-ring (bicyclic) bond motifs is 1. The van der Waals surface area contributed by atoms with Crippen LogP contribution in [0, 0.1) is 5.82 Å². The Morgan fingerprint density at radius 3 is 2.81 bits per heavy atom. The van der Waals surface area contributed by atoms with Gasteiger partial charge in [0.25, 0.3) is 5.56 Å². The molecule has 2 heterocycles. The van der Waals surface area contributed by atoms with Gasteiger partial charge in [-0.15, -0.1) is 23.1 Å². The summed E-state index contributed by atoms with van der Waals surface area (Å²) in [4.78, 5) is 21.9. The SMILES string of the molecule is CSc1cccc(NCc2nc3scc(-c4ccc(F)cc4)c3c(=O)[nH]2)c1. The van der Waals surface area contributed by atoms with E-state index in [1.54, 1.807) is 23.9 Å². The number of thiophene rings is 1. The van der Waals surface area contributed by atoms with Crippen LogP contribution in [0.3, 0.4) is 0 Å². The molecule has 2 aromatic heterocycles. The van der Waals surface area contributed by atoms with Crippen molar-refractivity contribution in [3.63, 3.8) is 0 Å². The van der Waals surface area contributed by atoms with Crippen molar-refractivity contribution >= 4 is 39.0 Å². The highest BCUT2D eigenvalue weighted by Gasteiger charge is 2.13. The molecule has 4 rings (SSSR count). The van der Waals surface area contributed by atoms with Crippen LogP contribution in [0.25, 0.3) is 21.3 Å². The lowest BCUT2D eigenvalue weighted by atomic mass is 10.1. The lowest BCUT2D eigenvalue weighted by Crippen LogP contribution is -2.14. The van der Waals surface area contributed by atoms with Gasteiger partial charge in [-0.25, -0.2) is 9.37 Å². The number of aromatic amines is 1. The molecule has 0 bridgehead atoms. The average molecular weight is 398 g/mol. The molecule has 0 aliphatic rings. The number of thioether (sulfide) groups is 1. The van der Waals surface area contributed by atoms with E-state index < -0.39 is 0 Å². The summed E-state index contributed by atoms with van der Waals surface area (Å²) in [7, 11) is 0. The number of nitrogens with one attached hydrogen (secondary N) is 2. The van der Waals surface area contributed by atoms with Crippen LogP contribution in [0.1, 0.15) is 5.82 Å². The van der Waals surface area contributed by atoms with Gasteiger partial charge in [-0.3, -0.25) is 4.79 Å². The second kappa shape index (κ2) is 7.54. The number of anilines is 1. The van der Waals surface area contributed by atoms with Gasteiger partial charge in [0.05, 0.1) is 11.9 Å². The zero-order chi connectivity index (χ0) is 18.8. The Kier molecular flexibility index (Phi) is 4.96. The van der Waals surface area contributed by atoms with Crippen molar-refractivity contribution in [2.24, 2.45) is 0 Å². The first kappa shape index (κ1) is 17.8. The highest BCUT2D eigenvalue weighted by atomic mass is 32.2. The van der Waals surface area contributed by atoms with Crippen molar-refractivity contribution in [2.45, 2.75) is 11.4 Å². The van der Waals surface area contributed by atoms with Crippen molar-refractivity contribution < 1.29 is 4.39 Å². The Bertz CT molecular complexity index is 1150. The third-order valence-electron chi connectivity index (χ3n) is 4.18. The molecule has 4 aromatic rings. The third kappa shape index (κ3) is 3.74. The van der Waals surface area contributed by atoms with Crippen LogP contribution in [-0.2, 0) is 6.54 Å². The summed E-state index contributed by atoms with van der Waals surface area (Å²) < 4.78 is 13.2. The zero-order valence-electron chi connectivity index (χ0n) is 14.5. The lowest BCUT2D eigenvalue weighted by Gasteiger charge is -2.07. The Labute approximate surface area is 163 Å². The number of nitrogens with zero attached hydrogens (tertiary/aromatic N) is 1. The molecular weight excluding hydrogens is 381 g/mol. The molecule has 136 valence electrons. The van der Waals surface area contributed by atoms with E-state index in [9.17, 15) is 9.18 Å². The third-order valence-corrected chi connectivity index (χ3v) is 5.78. The second-order valence-electron chi connectivity index (χ2n) is 5.93. The van der Waals surface area contributed by atoms with Gasteiger partial charge in [-0.1, -0.05) is 18.2 Å². The maximum absolute atomic E-state index is 13.2. The lowest BCUT2D eigenvalue weighted by molar-refractivity contribution is 0.628. The smallest absolute Gasteiger partial charge is 0.260 e. The van der Waals surface area contributed by atoms with Gasteiger partial charge in [0.1, 0.15) is 16.5 Å². The Hall–Kier alpha value is -2.64. The van der Waals surface area contributed by atoms with Crippen molar-refractivity contribution in [3.8, 4) is 11.1 Å². The first-order valence-electron chi connectivity index (χ1n) is 8.28. The van der Waals surface area contributed by atoms with Gasteiger partial charge in [-0.05, 0) is 42.2 Å². The predicted molar refractivity (Wildman–Crippen MR) is 111 cm³/mol. The molecular formula is C20H16FN3OS2. The Morgan fingerprint density at radius 1 is 1.22 bits per heavy atom. The van der Waals surface area contributed by atoms with Crippen LogP contribution in [0.15, 0.2) is 63.6 Å². The molecule has 0 unspecified atom stereocenters. The van der Waals surface area contributed by atoms with E-state index >= 15 is 0 Å². The molecule has 0 saturated heterocycles. The first-order valence-corrected chi connectivity index (χ1v) is 10.4. The number of rotatable bonds is 5. The second-order valence-corrected chi connectivity index (χ2v) is 7.67. The molecule has 7 heteroatoms. The molecule has 0 aliphatic carbocycles. The zero-order valence-corrected chi connectivity index (χ0v) is 16.1. The van der Waals surface area contributed by atoms with Gasteiger partial charge in [0, 0.05) is 21.5 Å². The number of hydrogen-bond acceptors (Lipinski definition) is 5. The van der Waals surface area contributed by atoms with Gasteiger partial charge in [0.2, 0.25) is 0 Å². The summed E-state index contributed by atoms with van der Waals surface area (Å²) in [5, 5.41) is 5.72. The summed E-state index contributed by atoms with van der Waals surface area (Å²) >= 11 is 3.09. The van der Waals surface area contributed by atoms with Crippen LogP contribution in [0.5, 0.6) is 0 Å². The number of aromatic nitrogens is 2. The highest BCUT2D eigenvalue weighted by molar-refractivity contribution is 7.98. The van der Waals surface area contributed by atoms with E-state index in [1.807, 2.05) is 29.8 Å². The number of halogens is 1. The van der Waals surface area contributed by atoms with Crippen LogP contribution in [0.4, 0.5) is 10.1 Å². The van der Waals surface area contributed by atoms with E-state index in [1.165, 1.54) is 28.4 Å². The summed E-state index contributed by atoms with van der Waals surface area (Å²) in [5.74, 6) is 0.277. The minimum absolute atomic E-state index is 0.185. The largest absolute Gasteiger partial charge is 0.378 e. The van der Waals surface area contributed by atoms with Gasteiger partial charge in [-0.2, -0.15) is 0 Å². The minimum Gasteiger partial charge on any atom is -0.378 e. The molecule has 2 N–H and O–H groups in total. The molecule has 0 fully saturated rings. The summed E-state index contributed by atoms with van der Waals surface area (Å²) in [5.41, 5.74) is 2.36. The summed E-state index contributed by atoms with van der Waals surface area (Å²) in [6.45, 7) is 0.423. The molecule has 0 saturated carbocycles. The summed E-state index contributed by atoms with van der Waals surface area (Å²) in [6, 6.07) is 14.2. The Morgan fingerprint density at radius 2 is 2.04 bits per heavy atom. The fourth-order valence-corrected chi connectivity index (χ4v) is 4.26. The van der Waals surface area contributed by atoms with E-state index in [4.69, 9.17) is 0 Å². The summed E-state index contributed by atoms with van der Waals surface area (Å²) in [6.07, 6.45) is 2.03. The van der Waals surface area contributed by atoms with Gasteiger partial charge < -0.3 is 10.3 Å². The van der Waals surface area contributed by atoms with E-state index in [0.717, 1.165) is 16.8 Å². The maximum atomic E-state index is 13.2. The van der Waals surface area contributed by atoms with Crippen LogP contribution in [0.2, 0.25) is 0 Å². The molecule has 27 heavy (non-hydrogen) atoms. The fraction of sp³-hybridized carbons (Fsp3) is 0.100. The van der Waals surface area contributed by atoms with Crippen molar-refractivity contribution in [3.05, 3.63) is 75.9 Å². The quantitative estimate of drug-likeness (QED) is 0.459.